The minimum Gasteiger partial charge on any atom is -0.103 e. The van der Waals surface area contributed by atoms with Gasteiger partial charge in [0.15, 0.2) is 0 Å². The minimum absolute atomic E-state index is 0.529. The Balaban J connectivity index is 2.86. The Labute approximate surface area is 80.6 Å². The van der Waals surface area contributed by atoms with E-state index in [4.69, 9.17) is 0 Å². The zero-order valence-corrected chi connectivity index (χ0v) is 8.16. The van der Waals surface area contributed by atoms with Gasteiger partial charge in [-0.3, -0.25) is 0 Å². The first-order chi connectivity index (χ1) is 6.27. The Morgan fingerprint density at radius 1 is 1.31 bits per heavy atom. The molecule has 0 spiro atoms. The minimum atomic E-state index is 0.529. The molecule has 0 aromatic heterocycles. The van der Waals surface area contributed by atoms with Crippen molar-refractivity contribution in [2.24, 2.45) is 5.92 Å². The van der Waals surface area contributed by atoms with Crippen LogP contribution in [0.5, 0.6) is 0 Å². The fraction of sp³-hybridized carbons (Fsp3) is 0.231. The van der Waals surface area contributed by atoms with E-state index in [1.165, 1.54) is 11.1 Å². The van der Waals surface area contributed by atoms with E-state index in [1.807, 2.05) is 18.2 Å². The van der Waals surface area contributed by atoms with Crippen LogP contribution in [0, 0.1) is 5.92 Å². The van der Waals surface area contributed by atoms with Crippen LogP contribution in [0.4, 0.5) is 0 Å². The third-order valence-corrected chi connectivity index (χ3v) is 2.22. The molecule has 0 nitrogen and oxygen atoms in total. The van der Waals surface area contributed by atoms with Crippen LogP contribution in [0.3, 0.4) is 0 Å². The summed E-state index contributed by atoms with van der Waals surface area (Å²) < 4.78 is 0. The van der Waals surface area contributed by atoms with Crippen LogP contribution in [0.1, 0.15) is 18.1 Å². The fourth-order valence-electron chi connectivity index (χ4n) is 1.35. The van der Waals surface area contributed by atoms with Crippen molar-refractivity contribution in [3.8, 4) is 0 Å². The molecule has 1 aromatic carbocycles. The number of rotatable bonds is 4. The van der Waals surface area contributed by atoms with Crippen molar-refractivity contribution >= 4 is 6.08 Å². The predicted molar refractivity (Wildman–Crippen MR) is 59.6 cm³/mol. The fourth-order valence-corrected chi connectivity index (χ4v) is 1.35. The molecule has 0 aliphatic heterocycles. The molecule has 0 radical (unpaired) electrons. The van der Waals surface area contributed by atoms with Gasteiger partial charge in [0.1, 0.15) is 0 Å². The Morgan fingerprint density at radius 3 is 2.62 bits per heavy atom. The maximum Gasteiger partial charge on any atom is -0.0212 e. The van der Waals surface area contributed by atoms with Gasteiger partial charge in [-0.25, -0.2) is 0 Å². The third-order valence-electron chi connectivity index (χ3n) is 2.22. The van der Waals surface area contributed by atoms with E-state index >= 15 is 0 Å². The summed E-state index contributed by atoms with van der Waals surface area (Å²) in [5, 5.41) is 0. The molecule has 68 valence electrons. The summed E-state index contributed by atoms with van der Waals surface area (Å²) in [5.41, 5.74) is 2.58. The van der Waals surface area contributed by atoms with Gasteiger partial charge >= 0.3 is 0 Å². The SMILES string of the molecule is C=Cc1ccccc1CC(C)C=C. The van der Waals surface area contributed by atoms with E-state index in [2.05, 4.69) is 38.3 Å². The van der Waals surface area contributed by atoms with Crippen molar-refractivity contribution in [2.45, 2.75) is 13.3 Å². The summed E-state index contributed by atoms with van der Waals surface area (Å²) in [6.45, 7) is 9.76. The lowest BCUT2D eigenvalue weighted by Crippen LogP contribution is -1.97. The number of benzene rings is 1. The van der Waals surface area contributed by atoms with Crippen molar-refractivity contribution in [1.82, 2.24) is 0 Å². The average Bonchev–Trinajstić information content (AvgIpc) is 2.18. The summed E-state index contributed by atoms with van der Waals surface area (Å²) in [7, 11) is 0. The van der Waals surface area contributed by atoms with Crippen molar-refractivity contribution in [1.29, 1.82) is 0 Å². The van der Waals surface area contributed by atoms with Crippen molar-refractivity contribution in [2.75, 3.05) is 0 Å². The molecule has 0 aliphatic rings. The molecule has 13 heavy (non-hydrogen) atoms. The third kappa shape index (κ3) is 2.59. The highest BCUT2D eigenvalue weighted by Crippen LogP contribution is 2.15. The molecule has 1 rings (SSSR count). The van der Waals surface area contributed by atoms with Gasteiger partial charge in [-0.2, -0.15) is 0 Å². The Morgan fingerprint density at radius 2 is 2.00 bits per heavy atom. The monoisotopic (exact) mass is 172 g/mol. The first-order valence-electron chi connectivity index (χ1n) is 4.61. The zero-order valence-electron chi connectivity index (χ0n) is 8.16. The Kier molecular flexibility index (Phi) is 3.51. The van der Waals surface area contributed by atoms with Crippen LogP contribution in [0.25, 0.3) is 6.08 Å². The maximum atomic E-state index is 3.80. The smallest absolute Gasteiger partial charge is 0.0212 e. The molecule has 0 bridgehead atoms. The quantitative estimate of drug-likeness (QED) is 0.607. The molecule has 0 amide bonds. The van der Waals surface area contributed by atoms with E-state index in [1.54, 1.807) is 0 Å². The van der Waals surface area contributed by atoms with Gasteiger partial charge in [0.25, 0.3) is 0 Å². The van der Waals surface area contributed by atoms with Crippen LogP contribution in [0.2, 0.25) is 0 Å². The van der Waals surface area contributed by atoms with Crippen LogP contribution in [-0.2, 0) is 6.42 Å². The molecule has 0 fully saturated rings. The van der Waals surface area contributed by atoms with Crippen LogP contribution in [0.15, 0.2) is 43.5 Å². The molecule has 0 aliphatic carbocycles. The highest BCUT2D eigenvalue weighted by molar-refractivity contribution is 5.51. The molecular weight excluding hydrogens is 156 g/mol. The Hall–Kier alpha value is -1.30. The van der Waals surface area contributed by atoms with Gasteiger partial charge in [0, 0.05) is 0 Å². The molecular formula is C13H16. The summed E-state index contributed by atoms with van der Waals surface area (Å²) in [5.74, 6) is 0.529. The summed E-state index contributed by atoms with van der Waals surface area (Å²) in [4.78, 5) is 0. The van der Waals surface area contributed by atoms with E-state index in [0.29, 0.717) is 5.92 Å². The molecule has 1 unspecified atom stereocenters. The normalized spacial score (nSPS) is 12.1. The second-order valence-corrected chi connectivity index (χ2v) is 3.32. The van der Waals surface area contributed by atoms with Crippen LogP contribution < -0.4 is 0 Å². The molecule has 1 atom stereocenters. The molecule has 1 aromatic rings. The maximum absolute atomic E-state index is 3.80. The summed E-state index contributed by atoms with van der Waals surface area (Å²) in [6, 6.07) is 8.35. The largest absolute Gasteiger partial charge is 0.103 e. The van der Waals surface area contributed by atoms with E-state index in [0.717, 1.165) is 6.42 Å². The van der Waals surface area contributed by atoms with Gasteiger partial charge in [-0.15, -0.1) is 6.58 Å². The molecule has 0 saturated carbocycles. The number of hydrogen-bond acceptors (Lipinski definition) is 0. The molecule has 0 heteroatoms. The van der Waals surface area contributed by atoms with Gasteiger partial charge in [0.2, 0.25) is 0 Å². The molecule has 0 saturated heterocycles. The van der Waals surface area contributed by atoms with E-state index in [-0.39, 0.29) is 0 Å². The highest BCUT2D eigenvalue weighted by atomic mass is 14.1. The molecule has 0 N–H and O–H groups in total. The lowest BCUT2D eigenvalue weighted by Gasteiger charge is -2.08. The lowest BCUT2D eigenvalue weighted by molar-refractivity contribution is 0.724. The van der Waals surface area contributed by atoms with E-state index in [9.17, 15) is 0 Å². The highest BCUT2D eigenvalue weighted by Gasteiger charge is 2.01. The number of allylic oxidation sites excluding steroid dienone is 1. The summed E-state index contributed by atoms with van der Waals surface area (Å²) in [6.07, 6.45) is 4.94. The first kappa shape index (κ1) is 9.79. The lowest BCUT2D eigenvalue weighted by atomic mass is 9.97. The van der Waals surface area contributed by atoms with Crippen molar-refractivity contribution in [3.63, 3.8) is 0 Å². The predicted octanol–water partition coefficient (Wildman–Crippen LogP) is 3.69. The number of hydrogen-bond donors (Lipinski definition) is 0. The van der Waals surface area contributed by atoms with Gasteiger partial charge in [0.05, 0.1) is 0 Å². The zero-order chi connectivity index (χ0) is 9.68. The topological polar surface area (TPSA) is 0 Å². The van der Waals surface area contributed by atoms with Crippen LogP contribution in [-0.4, -0.2) is 0 Å². The van der Waals surface area contributed by atoms with Crippen molar-refractivity contribution < 1.29 is 0 Å². The average molecular weight is 172 g/mol. The van der Waals surface area contributed by atoms with Crippen LogP contribution >= 0.6 is 0 Å². The Bertz CT molecular complexity index is 297. The summed E-state index contributed by atoms with van der Waals surface area (Å²) >= 11 is 0. The van der Waals surface area contributed by atoms with Gasteiger partial charge < -0.3 is 0 Å². The molecule has 0 heterocycles. The second-order valence-electron chi connectivity index (χ2n) is 3.32. The van der Waals surface area contributed by atoms with Gasteiger partial charge in [-0.05, 0) is 23.5 Å². The second kappa shape index (κ2) is 4.66. The van der Waals surface area contributed by atoms with Crippen molar-refractivity contribution in [3.05, 3.63) is 54.6 Å². The standard InChI is InChI=1S/C13H16/c1-4-11(3)10-13-9-7-6-8-12(13)5-2/h4-9,11H,1-2,10H2,3H3. The van der Waals surface area contributed by atoms with E-state index < -0.39 is 0 Å². The van der Waals surface area contributed by atoms with Gasteiger partial charge in [-0.1, -0.05) is 49.9 Å². The first-order valence-corrected chi connectivity index (χ1v) is 4.61.